The average molecular weight is 167 g/mol. The van der Waals surface area contributed by atoms with Crippen LogP contribution in [0.5, 0.6) is 0 Å². The molecule has 0 aliphatic rings. The minimum Gasteiger partial charge on any atom is -0.330 e. The summed E-state index contributed by atoms with van der Waals surface area (Å²) in [7, 11) is 0. The summed E-state index contributed by atoms with van der Waals surface area (Å²) < 4.78 is 0. The van der Waals surface area contributed by atoms with Crippen molar-refractivity contribution >= 4 is 0 Å². The normalized spacial score (nSPS) is 12.2. The molecule has 0 aliphatic heterocycles. The largest absolute Gasteiger partial charge is 0.330 e. The van der Waals surface area contributed by atoms with Gasteiger partial charge in [-0.3, -0.25) is 0 Å². The van der Waals surface area contributed by atoms with Crippen LogP contribution in [-0.4, -0.2) is 6.54 Å². The van der Waals surface area contributed by atoms with Crippen molar-refractivity contribution in [3.05, 3.63) is 24.8 Å². The Bertz CT molecular complexity index is 145. The van der Waals surface area contributed by atoms with E-state index < -0.39 is 0 Å². The van der Waals surface area contributed by atoms with Crippen LogP contribution in [0.2, 0.25) is 0 Å². The molecule has 0 bridgehead atoms. The summed E-state index contributed by atoms with van der Waals surface area (Å²) in [6.45, 7) is 8.79. The highest BCUT2D eigenvalue weighted by Crippen LogP contribution is 2.18. The maximum absolute atomic E-state index is 5.60. The first-order valence-electron chi connectivity index (χ1n) is 4.58. The standard InChI is InChI=1S/C11H21N/c1-4-5-6-7-8-9-11(2,3)10-12/h4,7-8H,1,5-6,9-10,12H2,2-3H3/b8-7+. The number of unbranched alkanes of at least 4 members (excludes halogenated alkanes) is 1. The Hall–Kier alpha value is -0.560. The Labute approximate surface area is 76.3 Å². The highest BCUT2D eigenvalue weighted by molar-refractivity contribution is 4.89. The van der Waals surface area contributed by atoms with Gasteiger partial charge < -0.3 is 5.73 Å². The molecule has 2 N–H and O–H groups in total. The Morgan fingerprint density at radius 1 is 1.25 bits per heavy atom. The molecule has 0 heterocycles. The molecule has 0 aromatic rings. The van der Waals surface area contributed by atoms with Gasteiger partial charge in [0.05, 0.1) is 0 Å². The van der Waals surface area contributed by atoms with Crippen LogP contribution in [0.1, 0.15) is 33.1 Å². The van der Waals surface area contributed by atoms with Crippen molar-refractivity contribution in [2.75, 3.05) is 6.54 Å². The van der Waals surface area contributed by atoms with Gasteiger partial charge in [0.1, 0.15) is 0 Å². The summed E-state index contributed by atoms with van der Waals surface area (Å²) >= 11 is 0. The molecule has 0 aromatic heterocycles. The second-order valence-electron chi connectivity index (χ2n) is 3.91. The van der Waals surface area contributed by atoms with E-state index >= 15 is 0 Å². The molecule has 70 valence electrons. The van der Waals surface area contributed by atoms with Gasteiger partial charge in [0.15, 0.2) is 0 Å². The lowest BCUT2D eigenvalue weighted by Crippen LogP contribution is -2.22. The summed E-state index contributed by atoms with van der Waals surface area (Å²) in [6, 6.07) is 0. The van der Waals surface area contributed by atoms with Crippen LogP contribution in [0.3, 0.4) is 0 Å². The van der Waals surface area contributed by atoms with Gasteiger partial charge in [-0.2, -0.15) is 0 Å². The van der Waals surface area contributed by atoms with Crippen LogP contribution in [-0.2, 0) is 0 Å². The second-order valence-corrected chi connectivity index (χ2v) is 3.91. The topological polar surface area (TPSA) is 26.0 Å². The predicted molar refractivity (Wildman–Crippen MR) is 56.0 cm³/mol. The van der Waals surface area contributed by atoms with Gasteiger partial charge in [0.25, 0.3) is 0 Å². The number of allylic oxidation sites excluding steroid dienone is 3. The number of rotatable bonds is 6. The molecule has 0 aromatic carbocycles. The van der Waals surface area contributed by atoms with Crippen LogP contribution in [0.25, 0.3) is 0 Å². The van der Waals surface area contributed by atoms with E-state index in [0.717, 1.165) is 25.8 Å². The fourth-order valence-corrected chi connectivity index (χ4v) is 0.818. The van der Waals surface area contributed by atoms with Crippen molar-refractivity contribution < 1.29 is 0 Å². The van der Waals surface area contributed by atoms with Gasteiger partial charge in [-0.1, -0.05) is 32.1 Å². The third-order valence-electron chi connectivity index (χ3n) is 1.93. The van der Waals surface area contributed by atoms with Crippen LogP contribution < -0.4 is 5.73 Å². The zero-order valence-electron chi connectivity index (χ0n) is 8.34. The number of hydrogen-bond donors (Lipinski definition) is 1. The molecular weight excluding hydrogens is 146 g/mol. The lowest BCUT2D eigenvalue weighted by Gasteiger charge is -2.19. The van der Waals surface area contributed by atoms with E-state index in [1.807, 2.05) is 6.08 Å². The monoisotopic (exact) mass is 167 g/mol. The quantitative estimate of drug-likeness (QED) is 0.478. The van der Waals surface area contributed by atoms with E-state index in [9.17, 15) is 0 Å². The Balaban J connectivity index is 3.52. The van der Waals surface area contributed by atoms with Gasteiger partial charge in [-0.05, 0) is 31.2 Å². The zero-order valence-corrected chi connectivity index (χ0v) is 8.34. The van der Waals surface area contributed by atoms with E-state index in [4.69, 9.17) is 5.73 Å². The fraction of sp³-hybridized carbons (Fsp3) is 0.636. The van der Waals surface area contributed by atoms with Crippen molar-refractivity contribution in [2.45, 2.75) is 33.1 Å². The number of hydrogen-bond acceptors (Lipinski definition) is 1. The third-order valence-corrected chi connectivity index (χ3v) is 1.93. The molecule has 12 heavy (non-hydrogen) atoms. The second kappa shape index (κ2) is 6.01. The zero-order chi connectivity index (χ0) is 9.45. The molecule has 1 nitrogen and oxygen atoms in total. The SMILES string of the molecule is C=CCC/C=C/CC(C)(C)CN. The summed E-state index contributed by atoms with van der Waals surface area (Å²) in [6.07, 6.45) is 9.61. The van der Waals surface area contributed by atoms with Crippen molar-refractivity contribution in [3.8, 4) is 0 Å². The highest BCUT2D eigenvalue weighted by Gasteiger charge is 2.12. The lowest BCUT2D eigenvalue weighted by atomic mass is 9.89. The highest BCUT2D eigenvalue weighted by atomic mass is 14.6. The van der Waals surface area contributed by atoms with E-state index in [1.54, 1.807) is 0 Å². The van der Waals surface area contributed by atoms with Crippen LogP contribution in [0.15, 0.2) is 24.8 Å². The van der Waals surface area contributed by atoms with E-state index in [2.05, 4.69) is 32.6 Å². The molecule has 0 unspecified atom stereocenters. The molecule has 1 heteroatoms. The van der Waals surface area contributed by atoms with E-state index in [1.165, 1.54) is 0 Å². The van der Waals surface area contributed by atoms with Gasteiger partial charge in [0.2, 0.25) is 0 Å². The van der Waals surface area contributed by atoms with E-state index in [0.29, 0.717) is 0 Å². The minimum absolute atomic E-state index is 0.255. The lowest BCUT2D eigenvalue weighted by molar-refractivity contribution is 0.384. The Kier molecular flexibility index (Phi) is 5.73. The first kappa shape index (κ1) is 11.4. The molecule has 0 atom stereocenters. The predicted octanol–water partition coefficient (Wildman–Crippen LogP) is 2.88. The average Bonchev–Trinajstić information content (AvgIpc) is 2.04. The maximum atomic E-state index is 5.60. The molecule has 0 radical (unpaired) electrons. The summed E-state index contributed by atoms with van der Waals surface area (Å²) in [5, 5.41) is 0. The van der Waals surface area contributed by atoms with Gasteiger partial charge in [-0.25, -0.2) is 0 Å². The summed E-state index contributed by atoms with van der Waals surface area (Å²) in [4.78, 5) is 0. The van der Waals surface area contributed by atoms with Crippen LogP contribution in [0.4, 0.5) is 0 Å². The third kappa shape index (κ3) is 6.17. The molecule has 0 saturated heterocycles. The van der Waals surface area contributed by atoms with Gasteiger partial charge in [0, 0.05) is 0 Å². The molecule has 0 aliphatic carbocycles. The smallest absolute Gasteiger partial charge is 0.00229 e. The molecular formula is C11H21N. The molecule has 0 saturated carbocycles. The van der Waals surface area contributed by atoms with Crippen molar-refractivity contribution in [3.63, 3.8) is 0 Å². The van der Waals surface area contributed by atoms with Crippen molar-refractivity contribution in [1.29, 1.82) is 0 Å². The first-order valence-corrected chi connectivity index (χ1v) is 4.58. The molecule has 0 amide bonds. The van der Waals surface area contributed by atoms with Crippen LogP contribution in [0, 0.1) is 5.41 Å². The van der Waals surface area contributed by atoms with Gasteiger partial charge in [-0.15, -0.1) is 6.58 Å². The molecule has 0 rings (SSSR count). The van der Waals surface area contributed by atoms with Crippen molar-refractivity contribution in [1.82, 2.24) is 0 Å². The summed E-state index contributed by atoms with van der Waals surface area (Å²) in [5.41, 5.74) is 5.85. The molecule has 0 spiro atoms. The van der Waals surface area contributed by atoms with E-state index in [-0.39, 0.29) is 5.41 Å². The fourth-order valence-electron chi connectivity index (χ4n) is 0.818. The number of nitrogens with two attached hydrogens (primary N) is 1. The Morgan fingerprint density at radius 3 is 2.42 bits per heavy atom. The van der Waals surface area contributed by atoms with Crippen molar-refractivity contribution in [2.24, 2.45) is 11.1 Å². The Morgan fingerprint density at radius 2 is 1.92 bits per heavy atom. The molecule has 0 fully saturated rings. The minimum atomic E-state index is 0.255. The summed E-state index contributed by atoms with van der Waals surface area (Å²) in [5.74, 6) is 0. The van der Waals surface area contributed by atoms with Crippen LogP contribution >= 0.6 is 0 Å². The first-order chi connectivity index (χ1) is 5.62. The maximum Gasteiger partial charge on any atom is -0.00229 e. The van der Waals surface area contributed by atoms with Gasteiger partial charge >= 0.3 is 0 Å².